The van der Waals surface area contributed by atoms with E-state index in [2.05, 4.69) is 11.8 Å². The molecule has 1 unspecified atom stereocenters. The zero-order valence-corrected chi connectivity index (χ0v) is 16.2. The van der Waals surface area contributed by atoms with E-state index in [0.717, 1.165) is 63.0 Å². The van der Waals surface area contributed by atoms with E-state index in [0.29, 0.717) is 0 Å². The Kier molecular flexibility index (Phi) is 6.78. The van der Waals surface area contributed by atoms with E-state index in [-0.39, 0.29) is 12.0 Å². The van der Waals surface area contributed by atoms with E-state index in [4.69, 9.17) is 9.47 Å². The molecule has 144 valence electrons. The third kappa shape index (κ3) is 5.37. The molecule has 5 nitrogen and oxygen atoms in total. The van der Waals surface area contributed by atoms with Crippen molar-refractivity contribution in [2.45, 2.75) is 58.1 Å². The number of rotatable bonds is 7. The topological polar surface area (TPSA) is 42.0 Å². The largest absolute Gasteiger partial charge is 0.494 e. The summed E-state index contributed by atoms with van der Waals surface area (Å²) in [6, 6.07) is 8.66. The normalized spacial score (nSPS) is 21.8. The van der Waals surface area contributed by atoms with E-state index >= 15 is 0 Å². The first-order valence-electron chi connectivity index (χ1n) is 10.0. The van der Waals surface area contributed by atoms with Gasteiger partial charge in [-0.3, -0.25) is 4.79 Å². The molecule has 2 saturated heterocycles. The Morgan fingerprint density at radius 1 is 1.08 bits per heavy atom. The van der Waals surface area contributed by atoms with Crippen LogP contribution in [-0.2, 0) is 4.79 Å². The van der Waals surface area contributed by atoms with Crippen LogP contribution < -0.4 is 9.47 Å². The second kappa shape index (κ2) is 9.26. The molecule has 5 heteroatoms. The van der Waals surface area contributed by atoms with Gasteiger partial charge in [0.05, 0.1) is 6.61 Å². The highest BCUT2D eigenvalue weighted by atomic mass is 16.5. The molecule has 2 fully saturated rings. The first-order valence-corrected chi connectivity index (χ1v) is 10.0. The summed E-state index contributed by atoms with van der Waals surface area (Å²) in [5.74, 6) is 1.94. The van der Waals surface area contributed by atoms with Crippen molar-refractivity contribution >= 4 is 5.91 Å². The summed E-state index contributed by atoms with van der Waals surface area (Å²) >= 11 is 0. The van der Waals surface area contributed by atoms with Crippen molar-refractivity contribution in [1.29, 1.82) is 0 Å². The number of ether oxygens (including phenoxy) is 2. The Bertz CT molecular complexity index is 567. The lowest BCUT2D eigenvalue weighted by Crippen LogP contribution is -2.40. The van der Waals surface area contributed by atoms with Crippen molar-refractivity contribution in [1.82, 2.24) is 9.80 Å². The van der Waals surface area contributed by atoms with Crippen molar-refractivity contribution in [3.63, 3.8) is 0 Å². The van der Waals surface area contributed by atoms with E-state index in [1.807, 2.05) is 29.2 Å². The third-order valence-corrected chi connectivity index (χ3v) is 5.56. The van der Waals surface area contributed by atoms with Crippen LogP contribution in [0.1, 0.15) is 46.0 Å². The van der Waals surface area contributed by atoms with Crippen molar-refractivity contribution in [2.75, 3.05) is 32.8 Å². The SMILES string of the molecule is CC(=O)N1CCC(Oc2ccc(OCCCN3CCCC3C)cc2)CC1. The molecule has 0 spiro atoms. The summed E-state index contributed by atoms with van der Waals surface area (Å²) < 4.78 is 11.9. The predicted octanol–water partition coefficient (Wildman–Crippen LogP) is 3.33. The fraction of sp³-hybridized carbons (Fsp3) is 0.667. The molecule has 0 N–H and O–H groups in total. The van der Waals surface area contributed by atoms with Crippen molar-refractivity contribution in [2.24, 2.45) is 0 Å². The van der Waals surface area contributed by atoms with Crippen molar-refractivity contribution in [3.8, 4) is 11.5 Å². The highest BCUT2D eigenvalue weighted by Crippen LogP contribution is 2.22. The predicted molar refractivity (Wildman–Crippen MR) is 103 cm³/mol. The van der Waals surface area contributed by atoms with Gasteiger partial charge < -0.3 is 19.3 Å². The van der Waals surface area contributed by atoms with E-state index in [9.17, 15) is 4.79 Å². The summed E-state index contributed by atoms with van der Waals surface area (Å²) in [6.45, 7) is 8.64. The number of hydrogen-bond acceptors (Lipinski definition) is 4. The van der Waals surface area contributed by atoms with Crippen LogP contribution in [-0.4, -0.2) is 60.6 Å². The molecular formula is C21H32N2O3. The first kappa shape index (κ1) is 19.0. The standard InChI is InChI=1S/C21H32N2O3/c1-17-5-3-12-22(17)13-4-16-25-19-6-8-20(9-7-19)26-21-10-14-23(15-11-21)18(2)24/h6-9,17,21H,3-5,10-16H2,1-2H3. The van der Waals surface area contributed by atoms with Gasteiger partial charge in [0.2, 0.25) is 5.91 Å². The Balaban J connectivity index is 1.35. The summed E-state index contributed by atoms with van der Waals surface area (Å²) in [5.41, 5.74) is 0. The zero-order valence-electron chi connectivity index (χ0n) is 16.2. The average Bonchev–Trinajstić information content (AvgIpc) is 3.05. The second-order valence-corrected chi connectivity index (χ2v) is 7.52. The van der Waals surface area contributed by atoms with Crippen LogP contribution in [0.2, 0.25) is 0 Å². The van der Waals surface area contributed by atoms with Crippen molar-refractivity contribution < 1.29 is 14.3 Å². The zero-order chi connectivity index (χ0) is 18.4. The molecule has 0 aliphatic carbocycles. The number of piperidine rings is 1. The number of hydrogen-bond donors (Lipinski definition) is 0. The number of nitrogens with zero attached hydrogens (tertiary/aromatic N) is 2. The molecule has 0 radical (unpaired) electrons. The number of likely N-dealkylation sites (tertiary alicyclic amines) is 2. The molecule has 2 aliphatic rings. The van der Waals surface area contributed by atoms with Crippen LogP contribution in [0.4, 0.5) is 0 Å². The van der Waals surface area contributed by atoms with Crippen LogP contribution in [0.3, 0.4) is 0 Å². The Morgan fingerprint density at radius 3 is 2.38 bits per heavy atom. The second-order valence-electron chi connectivity index (χ2n) is 7.52. The van der Waals surface area contributed by atoms with Crippen LogP contribution in [0.5, 0.6) is 11.5 Å². The first-order chi connectivity index (χ1) is 12.6. The maximum atomic E-state index is 11.4. The van der Waals surface area contributed by atoms with E-state index < -0.39 is 0 Å². The number of amides is 1. The lowest BCUT2D eigenvalue weighted by molar-refractivity contribution is -0.130. The van der Waals surface area contributed by atoms with Gasteiger partial charge in [-0.05, 0) is 57.0 Å². The monoisotopic (exact) mass is 360 g/mol. The highest BCUT2D eigenvalue weighted by Gasteiger charge is 2.22. The average molecular weight is 360 g/mol. The van der Waals surface area contributed by atoms with Gasteiger partial charge in [-0.25, -0.2) is 0 Å². The Labute approximate surface area is 157 Å². The molecule has 0 saturated carbocycles. The highest BCUT2D eigenvalue weighted by molar-refractivity contribution is 5.73. The van der Waals surface area contributed by atoms with Gasteiger partial charge in [0.25, 0.3) is 0 Å². The lowest BCUT2D eigenvalue weighted by Gasteiger charge is -2.31. The summed E-state index contributed by atoms with van der Waals surface area (Å²) in [5, 5.41) is 0. The van der Waals surface area contributed by atoms with Gasteiger partial charge in [-0.1, -0.05) is 0 Å². The molecule has 1 amide bonds. The number of benzene rings is 1. The van der Waals surface area contributed by atoms with Gasteiger partial charge in [0.15, 0.2) is 0 Å². The lowest BCUT2D eigenvalue weighted by atomic mass is 10.1. The molecule has 3 rings (SSSR count). The van der Waals surface area contributed by atoms with Crippen LogP contribution in [0, 0.1) is 0 Å². The number of carbonyl (C=O) groups excluding carboxylic acids is 1. The summed E-state index contributed by atoms with van der Waals surface area (Å²) in [7, 11) is 0. The quantitative estimate of drug-likeness (QED) is 0.700. The number of carbonyl (C=O) groups is 1. The fourth-order valence-corrected chi connectivity index (χ4v) is 3.88. The fourth-order valence-electron chi connectivity index (χ4n) is 3.88. The summed E-state index contributed by atoms with van der Waals surface area (Å²) in [6.07, 6.45) is 5.71. The van der Waals surface area contributed by atoms with E-state index in [1.54, 1.807) is 6.92 Å². The van der Waals surface area contributed by atoms with Gasteiger partial charge in [0, 0.05) is 45.4 Å². The molecule has 26 heavy (non-hydrogen) atoms. The van der Waals surface area contributed by atoms with Crippen LogP contribution >= 0.6 is 0 Å². The van der Waals surface area contributed by atoms with Gasteiger partial charge in [-0.2, -0.15) is 0 Å². The smallest absolute Gasteiger partial charge is 0.219 e. The maximum Gasteiger partial charge on any atom is 0.219 e. The molecular weight excluding hydrogens is 328 g/mol. The summed E-state index contributed by atoms with van der Waals surface area (Å²) in [4.78, 5) is 15.8. The van der Waals surface area contributed by atoms with Gasteiger partial charge >= 0.3 is 0 Å². The molecule has 0 aromatic heterocycles. The molecule has 2 heterocycles. The van der Waals surface area contributed by atoms with Gasteiger partial charge in [-0.15, -0.1) is 0 Å². The Hall–Kier alpha value is -1.75. The minimum absolute atomic E-state index is 0.157. The third-order valence-electron chi connectivity index (χ3n) is 5.56. The molecule has 1 aromatic rings. The van der Waals surface area contributed by atoms with Crippen molar-refractivity contribution in [3.05, 3.63) is 24.3 Å². The molecule has 1 atom stereocenters. The molecule has 2 aliphatic heterocycles. The molecule has 1 aromatic carbocycles. The molecule has 0 bridgehead atoms. The minimum Gasteiger partial charge on any atom is -0.494 e. The van der Waals surface area contributed by atoms with Crippen LogP contribution in [0.15, 0.2) is 24.3 Å². The Morgan fingerprint density at radius 2 is 1.77 bits per heavy atom. The minimum atomic E-state index is 0.157. The maximum absolute atomic E-state index is 11.4. The van der Waals surface area contributed by atoms with Gasteiger partial charge in [0.1, 0.15) is 17.6 Å². The van der Waals surface area contributed by atoms with E-state index in [1.165, 1.54) is 19.4 Å². The van der Waals surface area contributed by atoms with Crippen LogP contribution in [0.25, 0.3) is 0 Å².